The van der Waals surface area contributed by atoms with Gasteiger partial charge in [0.1, 0.15) is 29.0 Å². The zero-order valence-electron chi connectivity index (χ0n) is 29.0. The smallest absolute Gasteiger partial charge is 0.229 e. The van der Waals surface area contributed by atoms with Gasteiger partial charge >= 0.3 is 0 Å². The van der Waals surface area contributed by atoms with Gasteiger partial charge in [-0.2, -0.15) is 14.3 Å². The molecule has 2 aromatic carbocycles. The van der Waals surface area contributed by atoms with E-state index in [-0.39, 0.29) is 0 Å². The molecule has 13 nitrogen and oxygen atoms in total. The molecule has 6 rings (SSSR count). The van der Waals surface area contributed by atoms with Gasteiger partial charge in [-0.1, -0.05) is 24.3 Å². The number of methoxy groups -OCH3 is 2. The van der Waals surface area contributed by atoms with E-state index in [9.17, 15) is 12.8 Å². The predicted molar refractivity (Wildman–Crippen MR) is 193 cm³/mol. The molecule has 0 aliphatic carbocycles. The molecule has 0 saturated carbocycles. The van der Waals surface area contributed by atoms with Crippen molar-refractivity contribution in [3.63, 3.8) is 0 Å². The Labute approximate surface area is 297 Å². The summed E-state index contributed by atoms with van der Waals surface area (Å²) in [5.74, 6) is 2.80. The van der Waals surface area contributed by atoms with Gasteiger partial charge in [-0.3, -0.25) is 9.88 Å². The predicted octanol–water partition coefficient (Wildman–Crippen LogP) is 4.82. The number of nitrogens with one attached hydrogen (secondary N) is 1. The van der Waals surface area contributed by atoms with Crippen molar-refractivity contribution >= 4 is 27.5 Å². The van der Waals surface area contributed by atoms with Crippen LogP contribution in [0.2, 0.25) is 0 Å². The average molecular weight is 714 g/mol. The van der Waals surface area contributed by atoms with E-state index in [2.05, 4.69) is 20.1 Å². The lowest BCUT2D eigenvalue weighted by molar-refractivity contribution is 0.182. The fraction of sp³-hybridized carbons (Fsp3) is 0.306. The summed E-state index contributed by atoms with van der Waals surface area (Å²) in [4.78, 5) is 27.5. The summed E-state index contributed by atoms with van der Waals surface area (Å²) in [6.07, 6.45) is 5.63. The highest BCUT2D eigenvalue weighted by Crippen LogP contribution is 2.30. The molecule has 15 heteroatoms. The van der Waals surface area contributed by atoms with Crippen LogP contribution in [0.4, 0.5) is 21.8 Å². The highest BCUT2D eigenvalue weighted by Gasteiger charge is 2.24. The number of anilines is 3. The molecular weight excluding hydrogens is 674 g/mol. The van der Waals surface area contributed by atoms with Crippen molar-refractivity contribution in [2.75, 3.05) is 56.9 Å². The highest BCUT2D eigenvalue weighted by atomic mass is 32.2. The SMILES string of the molecule is COc1ccc(CN(Cc2ccc(OC)cc2)c2nc(C)nc(-c3cc(CN4CCN(S(C)(=O)=O)CC4)cnc3Nc3cncc(F)c3)n2)cc1. The van der Waals surface area contributed by atoms with Crippen LogP contribution >= 0.6 is 0 Å². The summed E-state index contributed by atoms with van der Waals surface area (Å²) in [6, 6.07) is 19.0. The molecule has 266 valence electrons. The lowest BCUT2D eigenvalue weighted by Crippen LogP contribution is -2.47. The van der Waals surface area contributed by atoms with Gasteiger partial charge in [-0.05, 0) is 53.9 Å². The average Bonchev–Trinajstić information content (AvgIpc) is 3.12. The second-order valence-corrected chi connectivity index (χ2v) is 14.2. The molecule has 1 N–H and O–H groups in total. The summed E-state index contributed by atoms with van der Waals surface area (Å²) in [7, 11) is 0.0229. The van der Waals surface area contributed by atoms with Gasteiger partial charge in [0, 0.05) is 58.1 Å². The first kappa shape index (κ1) is 35.6. The third-order valence-electron chi connectivity index (χ3n) is 8.44. The summed E-state index contributed by atoms with van der Waals surface area (Å²) in [6.45, 7) is 5.34. The quantitative estimate of drug-likeness (QED) is 0.179. The Morgan fingerprint density at radius 2 is 1.45 bits per heavy atom. The molecule has 1 aliphatic rings. The van der Waals surface area contributed by atoms with Crippen molar-refractivity contribution in [1.82, 2.24) is 34.1 Å². The van der Waals surface area contributed by atoms with Crippen LogP contribution < -0.4 is 19.7 Å². The van der Waals surface area contributed by atoms with Crippen LogP contribution in [0.25, 0.3) is 11.4 Å². The zero-order valence-corrected chi connectivity index (χ0v) is 29.8. The number of hydrogen-bond acceptors (Lipinski definition) is 12. The van der Waals surface area contributed by atoms with E-state index in [1.165, 1.54) is 22.8 Å². The number of sulfonamides is 1. The molecule has 1 fully saturated rings. The van der Waals surface area contributed by atoms with E-state index < -0.39 is 15.8 Å². The highest BCUT2D eigenvalue weighted by molar-refractivity contribution is 7.88. The number of nitrogens with zero attached hydrogens (tertiary/aromatic N) is 8. The Hall–Kier alpha value is -5.25. The topological polar surface area (TPSA) is 139 Å². The summed E-state index contributed by atoms with van der Waals surface area (Å²) < 4.78 is 50.5. The maximum atomic E-state index is 14.1. The van der Waals surface area contributed by atoms with Gasteiger partial charge in [0.05, 0.1) is 44.1 Å². The van der Waals surface area contributed by atoms with Crippen LogP contribution in [0, 0.1) is 12.7 Å². The van der Waals surface area contributed by atoms with E-state index in [0.717, 1.165) is 34.4 Å². The van der Waals surface area contributed by atoms with Crippen molar-refractivity contribution < 1.29 is 22.3 Å². The van der Waals surface area contributed by atoms with Crippen LogP contribution in [-0.4, -0.2) is 89.2 Å². The van der Waals surface area contributed by atoms with Crippen LogP contribution in [0.5, 0.6) is 11.5 Å². The minimum absolute atomic E-state index is 0.384. The lowest BCUT2D eigenvalue weighted by Gasteiger charge is -2.33. The molecule has 51 heavy (non-hydrogen) atoms. The molecule has 1 aliphatic heterocycles. The van der Waals surface area contributed by atoms with Crippen LogP contribution in [-0.2, 0) is 29.7 Å². The molecule has 1 saturated heterocycles. The van der Waals surface area contributed by atoms with Crippen molar-refractivity contribution in [3.05, 3.63) is 108 Å². The maximum absolute atomic E-state index is 14.1. The lowest BCUT2D eigenvalue weighted by atomic mass is 10.1. The Balaban J connectivity index is 1.37. The third-order valence-corrected chi connectivity index (χ3v) is 9.75. The Morgan fingerprint density at radius 1 is 0.824 bits per heavy atom. The molecule has 0 atom stereocenters. The molecule has 0 unspecified atom stereocenters. The normalized spacial score (nSPS) is 13.9. The maximum Gasteiger partial charge on any atom is 0.229 e. The van der Waals surface area contributed by atoms with Crippen molar-refractivity contribution in [2.24, 2.45) is 0 Å². The van der Waals surface area contributed by atoms with Crippen molar-refractivity contribution in [1.29, 1.82) is 0 Å². The summed E-state index contributed by atoms with van der Waals surface area (Å²) >= 11 is 0. The number of ether oxygens (including phenoxy) is 2. The van der Waals surface area contributed by atoms with Crippen LogP contribution in [0.15, 0.2) is 79.3 Å². The summed E-state index contributed by atoms with van der Waals surface area (Å²) in [5.41, 5.74) is 3.95. The number of benzene rings is 2. The first-order valence-corrected chi connectivity index (χ1v) is 18.2. The second kappa shape index (κ2) is 15.7. The molecule has 0 radical (unpaired) electrons. The zero-order chi connectivity index (χ0) is 36.0. The number of aryl methyl sites for hydroxylation is 1. The monoisotopic (exact) mass is 713 g/mol. The van der Waals surface area contributed by atoms with Gasteiger partial charge in [0.15, 0.2) is 5.82 Å². The minimum Gasteiger partial charge on any atom is -0.497 e. The molecular formula is C36H40FN9O4S. The Bertz CT molecular complexity index is 2010. The Morgan fingerprint density at radius 3 is 2.02 bits per heavy atom. The van der Waals surface area contributed by atoms with E-state index in [1.54, 1.807) is 20.4 Å². The third kappa shape index (κ3) is 9.31. The number of hydrogen-bond donors (Lipinski definition) is 1. The Kier molecular flexibility index (Phi) is 11.0. The number of aromatic nitrogens is 5. The van der Waals surface area contributed by atoms with Crippen LogP contribution in [0.1, 0.15) is 22.5 Å². The molecule has 0 amide bonds. The largest absolute Gasteiger partial charge is 0.497 e. The minimum atomic E-state index is -3.25. The fourth-order valence-corrected chi connectivity index (χ4v) is 6.62. The van der Waals surface area contributed by atoms with Gasteiger partial charge in [0.2, 0.25) is 16.0 Å². The van der Waals surface area contributed by atoms with Gasteiger partial charge in [-0.15, -0.1) is 0 Å². The number of halogens is 1. The second-order valence-electron chi connectivity index (χ2n) is 12.3. The van der Waals surface area contributed by atoms with Crippen LogP contribution in [0.3, 0.4) is 0 Å². The standard InChI is InChI=1S/C36H40FN9O4S/c1-25-40-35(43-36(41-25)45(23-26-5-9-31(49-2)10-6-26)24-27-7-11-32(50-3)12-8-27)33-17-28(22-44-13-15-46(16-14-44)51(4,47)48)19-39-34(33)42-30-18-29(37)20-38-21-30/h5-12,17-21H,13-16,22-24H2,1-4H3,(H,39,42). The van der Waals surface area contributed by atoms with E-state index in [4.69, 9.17) is 29.4 Å². The first-order chi connectivity index (χ1) is 24.6. The molecule has 3 aromatic heterocycles. The van der Waals surface area contributed by atoms with Crippen molar-refractivity contribution in [3.8, 4) is 22.9 Å². The fourth-order valence-electron chi connectivity index (χ4n) is 5.79. The van der Waals surface area contributed by atoms with Gasteiger partial charge in [-0.25, -0.2) is 22.8 Å². The van der Waals surface area contributed by atoms with E-state index in [0.29, 0.717) is 80.5 Å². The molecule has 5 aromatic rings. The van der Waals surface area contributed by atoms with Gasteiger partial charge < -0.3 is 19.7 Å². The first-order valence-electron chi connectivity index (χ1n) is 16.3. The molecule has 0 bridgehead atoms. The van der Waals surface area contributed by atoms with Gasteiger partial charge in [0.25, 0.3) is 0 Å². The number of piperazine rings is 1. The molecule has 4 heterocycles. The van der Waals surface area contributed by atoms with Crippen molar-refractivity contribution in [2.45, 2.75) is 26.6 Å². The summed E-state index contributed by atoms with van der Waals surface area (Å²) in [5, 5.41) is 3.20. The number of pyridine rings is 2. The number of rotatable bonds is 13. The molecule has 0 spiro atoms. The van der Waals surface area contributed by atoms with E-state index >= 15 is 0 Å². The van der Waals surface area contributed by atoms with E-state index in [1.807, 2.05) is 61.5 Å².